The summed E-state index contributed by atoms with van der Waals surface area (Å²) in [5, 5.41) is 0. The molecule has 0 saturated carbocycles. The van der Waals surface area contributed by atoms with Gasteiger partial charge in [0.1, 0.15) is 6.04 Å². The largest absolute Gasteiger partial charge is 0.467 e. The van der Waals surface area contributed by atoms with E-state index in [1.165, 1.54) is 20.0 Å². The van der Waals surface area contributed by atoms with Crippen LogP contribution in [0.3, 0.4) is 0 Å². The van der Waals surface area contributed by atoms with Gasteiger partial charge in [-0.05, 0) is 25.9 Å². The van der Waals surface area contributed by atoms with Gasteiger partial charge < -0.3 is 9.64 Å². The van der Waals surface area contributed by atoms with Gasteiger partial charge in [-0.3, -0.25) is 9.69 Å². The van der Waals surface area contributed by atoms with Crippen molar-refractivity contribution in [1.82, 2.24) is 9.80 Å². The molecule has 2 aliphatic heterocycles. The monoisotopic (exact) mass is 258 g/mol. The number of esters is 1. The van der Waals surface area contributed by atoms with E-state index in [1.54, 1.807) is 16.7 Å². The summed E-state index contributed by atoms with van der Waals surface area (Å²) in [5.74, 6) is 1.00. The smallest absolute Gasteiger partial charge is 0.329 e. The van der Waals surface area contributed by atoms with E-state index in [0.29, 0.717) is 18.2 Å². The Bertz CT molecular complexity index is 305. The lowest BCUT2D eigenvalue weighted by Gasteiger charge is -2.24. The van der Waals surface area contributed by atoms with Crippen molar-refractivity contribution in [1.29, 1.82) is 0 Å². The highest BCUT2D eigenvalue weighted by Gasteiger charge is 2.35. The van der Waals surface area contributed by atoms with Crippen LogP contribution in [0, 0.1) is 0 Å². The van der Waals surface area contributed by atoms with Crippen molar-refractivity contribution < 1.29 is 14.3 Å². The second-order valence-corrected chi connectivity index (χ2v) is 5.39. The molecule has 1 unspecified atom stereocenters. The number of hydrogen-bond donors (Lipinski definition) is 0. The fraction of sp³-hybridized carbons (Fsp3) is 0.818. The minimum atomic E-state index is -0.389. The molecule has 2 fully saturated rings. The van der Waals surface area contributed by atoms with Gasteiger partial charge in [0.2, 0.25) is 5.91 Å². The summed E-state index contributed by atoms with van der Waals surface area (Å²) in [6.45, 7) is 2.43. The summed E-state index contributed by atoms with van der Waals surface area (Å²) in [6, 6.07) is -0.389. The summed E-state index contributed by atoms with van der Waals surface area (Å²) in [7, 11) is 1.37. The first-order valence-corrected chi connectivity index (χ1v) is 7.05. The van der Waals surface area contributed by atoms with Crippen LogP contribution < -0.4 is 0 Å². The van der Waals surface area contributed by atoms with Gasteiger partial charge in [0, 0.05) is 5.75 Å². The Labute approximate surface area is 105 Å². The van der Waals surface area contributed by atoms with Crippen LogP contribution in [0.1, 0.15) is 12.8 Å². The number of rotatable bonds is 3. The lowest BCUT2D eigenvalue weighted by Crippen LogP contribution is -2.46. The molecule has 0 aromatic rings. The Morgan fingerprint density at radius 3 is 2.71 bits per heavy atom. The number of thioether (sulfide) groups is 1. The van der Waals surface area contributed by atoms with Crippen molar-refractivity contribution in [2.75, 3.05) is 38.4 Å². The minimum absolute atomic E-state index is 0.0484. The number of likely N-dealkylation sites (tertiary alicyclic amines) is 1. The minimum Gasteiger partial charge on any atom is -0.467 e. The third kappa shape index (κ3) is 2.93. The zero-order valence-electron chi connectivity index (χ0n) is 10.1. The van der Waals surface area contributed by atoms with Crippen LogP contribution in [0.4, 0.5) is 0 Å². The molecule has 0 N–H and O–H groups in total. The molecule has 17 heavy (non-hydrogen) atoms. The van der Waals surface area contributed by atoms with Gasteiger partial charge in [-0.25, -0.2) is 4.79 Å². The Morgan fingerprint density at radius 2 is 2.06 bits per heavy atom. The molecule has 0 aromatic carbocycles. The number of nitrogens with zero attached hydrogens (tertiary/aromatic N) is 2. The van der Waals surface area contributed by atoms with E-state index in [1.807, 2.05) is 0 Å². The van der Waals surface area contributed by atoms with Gasteiger partial charge in [0.05, 0.1) is 19.5 Å². The maximum Gasteiger partial charge on any atom is 0.329 e. The zero-order valence-corrected chi connectivity index (χ0v) is 10.9. The average molecular weight is 258 g/mol. The highest BCUT2D eigenvalue weighted by molar-refractivity contribution is 7.99. The van der Waals surface area contributed by atoms with Crippen molar-refractivity contribution in [3.05, 3.63) is 0 Å². The number of amides is 1. The van der Waals surface area contributed by atoms with Crippen molar-refractivity contribution in [3.63, 3.8) is 0 Å². The second kappa shape index (κ2) is 5.73. The number of methoxy groups -OCH3 is 1. The van der Waals surface area contributed by atoms with Gasteiger partial charge in [-0.15, -0.1) is 11.8 Å². The molecule has 0 spiro atoms. The second-order valence-electron chi connectivity index (χ2n) is 4.39. The summed E-state index contributed by atoms with van der Waals surface area (Å²) < 4.78 is 4.72. The predicted octanol–water partition coefficient (Wildman–Crippen LogP) is 0.157. The standard InChI is InChI=1S/C11H18N2O3S/c1-16-11(15)9-7-17-8-13(9)10(14)6-12-4-2-3-5-12/h9H,2-8H2,1H3. The molecule has 0 aromatic heterocycles. The van der Waals surface area contributed by atoms with Gasteiger partial charge in [-0.2, -0.15) is 0 Å². The molecule has 1 atom stereocenters. The fourth-order valence-electron chi connectivity index (χ4n) is 2.24. The summed E-state index contributed by atoms with van der Waals surface area (Å²) in [5.41, 5.74) is 0. The molecule has 1 amide bonds. The van der Waals surface area contributed by atoms with E-state index in [4.69, 9.17) is 4.74 Å². The van der Waals surface area contributed by atoms with E-state index in [-0.39, 0.29) is 17.9 Å². The predicted molar refractivity (Wildman–Crippen MR) is 65.6 cm³/mol. The molecule has 0 bridgehead atoms. The molecule has 5 nitrogen and oxygen atoms in total. The van der Waals surface area contributed by atoms with Crippen molar-refractivity contribution >= 4 is 23.6 Å². The number of carbonyl (C=O) groups excluding carboxylic acids is 2. The Balaban J connectivity index is 1.90. The van der Waals surface area contributed by atoms with E-state index in [0.717, 1.165) is 13.1 Å². The molecule has 2 heterocycles. The van der Waals surface area contributed by atoms with Crippen LogP contribution in [-0.2, 0) is 14.3 Å². The molecule has 2 aliphatic rings. The van der Waals surface area contributed by atoms with E-state index < -0.39 is 0 Å². The van der Waals surface area contributed by atoms with Gasteiger partial charge in [0.25, 0.3) is 0 Å². The van der Waals surface area contributed by atoms with Crippen LogP contribution in [0.2, 0.25) is 0 Å². The first-order valence-electron chi connectivity index (χ1n) is 5.90. The van der Waals surface area contributed by atoms with Crippen LogP contribution in [0.25, 0.3) is 0 Å². The number of ether oxygens (including phenoxy) is 1. The van der Waals surface area contributed by atoms with Crippen LogP contribution in [0.15, 0.2) is 0 Å². The van der Waals surface area contributed by atoms with Crippen LogP contribution in [-0.4, -0.2) is 66.1 Å². The van der Waals surface area contributed by atoms with Crippen molar-refractivity contribution in [3.8, 4) is 0 Å². The van der Waals surface area contributed by atoms with E-state index in [2.05, 4.69) is 4.90 Å². The normalized spacial score (nSPS) is 25.2. The maximum absolute atomic E-state index is 12.1. The fourth-order valence-corrected chi connectivity index (χ4v) is 3.41. The molecule has 2 rings (SSSR count). The molecule has 0 radical (unpaired) electrons. The maximum atomic E-state index is 12.1. The SMILES string of the molecule is COC(=O)C1CSCN1C(=O)CN1CCCC1. The summed E-state index contributed by atoms with van der Waals surface area (Å²) in [4.78, 5) is 27.4. The molecular weight excluding hydrogens is 240 g/mol. The third-order valence-corrected chi connectivity index (χ3v) is 4.25. The lowest BCUT2D eigenvalue weighted by molar-refractivity contribution is -0.150. The zero-order chi connectivity index (χ0) is 12.3. The Kier molecular flexibility index (Phi) is 4.28. The van der Waals surface area contributed by atoms with Crippen LogP contribution in [0.5, 0.6) is 0 Å². The van der Waals surface area contributed by atoms with E-state index in [9.17, 15) is 9.59 Å². The van der Waals surface area contributed by atoms with Crippen LogP contribution >= 0.6 is 11.8 Å². The van der Waals surface area contributed by atoms with Gasteiger partial charge >= 0.3 is 5.97 Å². The quantitative estimate of drug-likeness (QED) is 0.675. The van der Waals surface area contributed by atoms with Gasteiger partial charge in [0.15, 0.2) is 0 Å². The van der Waals surface area contributed by atoms with Gasteiger partial charge in [-0.1, -0.05) is 0 Å². The summed E-state index contributed by atoms with van der Waals surface area (Å²) in [6.07, 6.45) is 2.34. The topological polar surface area (TPSA) is 49.9 Å². The number of carbonyl (C=O) groups is 2. The molecule has 2 saturated heterocycles. The molecule has 96 valence electrons. The highest BCUT2D eigenvalue weighted by Crippen LogP contribution is 2.22. The first kappa shape index (κ1) is 12.7. The molecular formula is C11H18N2O3S. The molecule has 0 aliphatic carbocycles. The number of hydrogen-bond acceptors (Lipinski definition) is 5. The third-order valence-electron chi connectivity index (χ3n) is 3.23. The first-order chi connectivity index (χ1) is 8.22. The summed E-state index contributed by atoms with van der Waals surface area (Å²) >= 11 is 1.61. The highest BCUT2D eigenvalue weighted by atomic mass is 32.2. The van der Waals surface area contributed by atoms with Crippen molar-refractivity contribution in [2.45, 2.75) is 18.9 Å². The average Bonchev–Trinajstić information content (AvgIpc) is 2.97. The van der Waals surface area contributed by atoms with Crippen molar-refractivity contribution in [2.24, 2.45) is 0 Å². The Morgan fingerprint density at radius 1 is 1.35 bits per heavy atom. The Hall–Kier alpha value is -0.750. The van der Waals surface area contributed by atoms with E-state index >= 15 is 0 Å². The molecule has 6 heteroatoms. The lowest BCUT2D eigenvalue weighted by atomic mass is 10.3.